The van der Waals surface area contributed by atoms with Crippen molar-refractivity contribution in [2.75, 3.05) is 0 Å². The van der Waals surface area contributed by atoms with Crippen LogP contribution in [-0.2, 0) is 0 Å². The molecule has 2 N–H and O–H groups in total. The normalized spacial score (nSPS) is 37.0. The van der Waals surface area contributed by atoms with Gasteiger partial charge in [-0.25, -0.2) is 4.39 Å². The van der Waals surface area contributed by atoms with E-state index in [0.717, 1.165) is 51.0 Å². The van der Waals surface area contributed by atoms with E-state index in [1.807, 2.05) is 12.2 Å². The Bertz CT molecular complexity index is 971. The standard InChI is InChI=1S/C28H35F7O2/c1-17-19(15-20(36)16-22(17)29)7-6-18-5-3-10-24(2)21(18)8-9-23(24)25(13-14-25)11-4-12-26(37,27(30,31)32)28(33,34)35/h4,6-7,12,20-23,36-37H,1,3,5,8-11,13-16H2,2H3/b12-4+,18-6+,19-7-/t20-,21+,22+,23+,24+/m1/s1. The topological polar surface area (TPSA) is 40.5 Å². The number of aliphatic hydroxyl groups is 2. The molecule has 0 aromatic heterocycles. The van der Waals surface area contributed by atoms with Crippen molar-refractivity contribution in [2.24, 2.45) is 22.7 Å². The average Bonchev–Trinajstić information content (AvgIpc) is 3.46. The molecule has 4 aliphatic carbocycles. The van der Waals surface area contributed by atoms with Crippen molar-refractivity contribution >= 4 is 0 Å². The molecule has 0 saturated heterocycles. The van der Waals surface area contributed by atoms with Gasteiger partial charge >= 0.3 is 12.4 Å². The maximum atomic E-state index is 14.1. The molecule has 0 spiro atoms. The molecule has 0 unspecified atom stereocenters. The van der Waals surface area contributed by atoms with Gasteiger partial charge in [-0.2, -0.15) is 26.3 Å². The first-order valence-electron chi connectivity index (χ1n) is 13.0. The Kier molecular flexibility index (Phi) is 7.32. The van der Waals surface area contributed by atoms with Gasteiger partial charge in [0.05, 0.1) is 6.10 Å². The van der Waals surface area contributed by atoms with Gasteiger partial charge in [0.25, 0.3) is 5.60 Å². The van der Waals surface area contributed by atoms with Gasteiger partial charge in [0, 0.05) is 6.42 Å². The zero-order valence-corrected chi connectivity index (χ0v) is 20.9. The summed E-state index contributed by atoms with van der Waals surface area (Å²) in [5, 5.41) is 19.4. The van der Waals surface area contributed by atoms with Crippen molar-refractivity contribution < 1.29 is 40.9 Å². The zero-order valence-electron chi connectivity index (χ0n) is 20.9. The Hall–Kier alpha value is -1.61. The summed E-state index contributed by atoms with van der Waals surface area (Å²) in [6, 6.07) is 0. The number of aliphatic hydroxyl groups excluding tert-OH is 1. The van der Waals surface area contributed by atoms with Crippen LogP contribution in [0.5, 0.6) is 0 Å². The molecule has 9 heteroatoms. The van der Waals surface area contributed by atoms with E-state index in [4.69, 9.17) is 0 Å². The third kappa shape index (κ3) is 5.07. The third-order valence-electron chi connectivity index (χ3n) is 9.57. The molecule has 0 bridgehead atoms. The lowest BCUT2D eigenvalue weighted by Gasteiger charge is -2.45. The molecule has 5 atom stereocenters. The van der Waals surface area contributed by atoms with Gasteiger partial charge in [-0.1, -0.05) is 37.3 Å². The third-order valence-corrected chi connectivity index (χ3v) is 9.57. The lowest BCUT2D eigenvalue weighted by molar-refractivity contribution is -0.347. The number of allylic oxidation sites excluding steroid dienone is 5. The van der Waals surface area contributed by atoms with E-state index in [2.05, 4.69) is 13.5 Å². The van der Waals surface area contributed by atoms with Crippen LogP contribution in [0.2, 0.25) is 0 Å². The van der Waals surface area contributed by atoms with Gasteiger partial charge in [0.2, 0.25) is 0 Å². The Morgan fingerprint density at radius 1 is 1.03 bits per heavy atom. The highest BCUT2D eigenvalue weighted by Gasteiger charge is 2.69. The average molecular weight is 537 g/mol. The van der Waals surface area contributed by atoms with Crippen LogP contribution in [0, 0.1) is 22.7 Å². The molecule has 208 valence electrons. The predicted molar refractivity (Wildman–Crippen MR) is 126 cm³/mol. The molecule has 0 amide bonds. The minimum absolute atomic E-state index is 0.0506. The van der Waals surface area contributed by atoms with Crippen LogP contribution in [0.4, 0.5) is 30.7 Å². The van der Waals surface area contributed by atoms with Crippen molar-refractivity contribution in [3.8, 4) is 0 Å². The van der Waals surface area contributed by atoms with Crippen LogP contribution in [0.15, 0.2) is 47.6 Å². The first-order chi connectivity index (χ1) is 17.0. The van der Waals surface area contributed by atoms with E-state index in [1.165, 1.54) is 5.57 Å². The lowest BCUT2D eigenvalue weighted by Crippen LogP contribution is -2.55. The maximum absolute atomic E-state index is 14.1. The quantitative estimate of drug-likeness (QED) is 0.279. The molecule has 0 aromatic carbocycles. The predicted octanol–water partition coefficient (Wildman–Crippen LogP) is 7.69. The number of fused-ring (bicyclic) bond motifs is 1. The molecule has 4 fully saturated rings. The molecule has 0 aliphatic heterocycles. The van der Waals surface area contributed by atoms with Gasteiger partial charge in [0.1, 0.15) is 6.17 Å². The summed E-state index contributed by atoms with van der Waals surface area (Å²) in [5.74, 6) is 0.382. The minimum Gasteiger partial charge on any atom is -0.393 e. The van der Waals surface area contributed by atoms with Crippen molar-refractivity contribution in [3.05, 3.63) is 47.6 Å². The Morgan fingerprint density at radius 3 is 2.27 bits per heavy atom. The van der Waals surface area contributed by atoms with Crippen LogP contribution in [0.25, 0.3) is 0 Å². The minimum atomic E-state index is -5.86. The fourth-order valence-electron chi connectivity index (χ4n) is 7.35. The molecule has 0 heterocycles. The summed E-state index contributed by atoms with van der Waals surface area (Å²) in [4.78, 5) is 0. The van der Waals surface area contributed by atoms with E-state index in [-0.39, 0.29) is 41.6 Å². The molecule has 4 rings (SSSR count). The zero-order chi connectivity index (χ0) is 27.4. The van der Waals surface area contributed by atoms with Crippen molar-refractivity contribution in [1.82, 2.24) is 0 Å². The summed E-state index contributed by atoms with van der Waals surface area (Å²) >= 11 is 0. The fraction of sp³-hybridized carbons (Fsp3) is 0.714. The number of hydrogen-bond acceptors (Lipinski definition) is 2. The van der Waals surface area contributed by atoms with Crippen LogP contribution >= 0.6 is 0 Å². The first-order valence-corrected chi connectivity index (χ1v) is 13.0. The molecular weight excluding hydrogens is 501 g/mol. The van der Waals surface area contributed by atoms with E-state index in [9.17, 15) is 40.9 Å². The highest BCUT2D eigenvalue weighted by molar-refractivity contribution is 5.39. The van der Waals surface area contributed by atoms with Gasteiger partial charge in [-0.05, 0) is 97.7 Å². The largest absolute Gasteiger partial charge is 0.429 e. The number of rotatable bonds is 5. The summed E-state index contributed by atoms with van der Waals surface area (Å²) in [7, 11) is 0. The van der Waals surface area contributed by atoms with Gasteiger partial charge in [0.15, 0.2) is 0 Å². The van der Waals surface area contributed by atoms with Gasteiger partial charge in [-0.3, -0.25) is 0 Å². The van der Waals surface area contributed by atoms with E-state index in [0.29, 0.717) is 17.6 Å². The molecule has 2 nitrogen and oxygen atoms in total. The Balaban J connectivity index is 1.52. The second-order valence-corrected chi connectivity index (χ2v) is 11.8. The number of alkyl halides is 7. The summed E-state index contributed by atoms with van der Waals surface area (Å²) in [6.07, 6.45) is -2.72. The maximum Gasteiger partial charge on any atom is 0.429 e. The van der Waals surface area contributed by atoms with Crippen LogP contribution in [0.1, 0.15) is 71.1 Å². The molecule has 4 saturated carbocycles. The summed E-state index contributed by atoms with van der Waals surface area (Å²) in [6.45, 7) is 6.02. The Morgan fingerprint density at radius 2 is 1.68 bits per heavy atom. The molecule has 4 aliphatic rings. The van der Waals surface area contributed by atoms with Crippen molar-refractivity contribution in [2.45, 2.75) is 101 Å². The SMILES string of the molecule is C=C1/C(=C\C=C2/CCC[C@]3(C)[C@@H](C4(C/C=C/C(O)(C(F)(F)F)C(F)(F)F)CC4)CC[C@@H]23)C[C@@H](O)C[C@@H]1F. The summed E-state index contributed by atoms with van der Waals surface area (Å²) < 4.78 is 92.5. The molecule has 37 heavy (non-hydrogen) atoms. The number of halogens is 7. The van der Waals surface area contributed by atoms with E-state index >= 15 is 0 Å². The fourth-order valence-corrected chi connectivity index (χ4v) is 7.35. The molecule has 0 radical (unpaired) electrons. The smallest absolute Gasteiger partial charge is 0.393 e. The summed E-state index contributed by atoms with van der Waals surface area (Å²) in [5.41, 5.74) is -3.04. The lowest BCUT2D eigenvalue weighted by atomic mass is 9.59. The Labute approximate surface area is 213 Å². The van der Waals surface area contributed by atoms with E-state index in [1.54, 1.807) is 0 Å². The van der Waals surface area contributed by atoms with Crippen molar-refractivity contribution in [3.63, 3.8) is 0 Å². The van der Waals surface area contributed by atoms with Crippen LogP contribution in [-0.4, -0.2) is 40.4 Å². The highest BCUT2D eigenvalue weighted by atomic mass is 19.4. The van der Waals surface area contributed by atoms with Crippen molar-refractivity contribution in [1.29, 1.82) is 0 Å². The highest BCUT2D eigenvalue weighted by Crippen LogP contribution is 2.70. The number of hydrogen-bond donors (Lipinski definition) is 2. The second kappa shape index (κ2) is 9.54. The monoisotopic (exact) mass is 536 g/mol. The molecule has 0 aromatic rings. The van der Waals surface area contributed by atoms with Crippen LogP contribution in [0.3, 0.4) is 0 Å². The molecular formula is C28H35F7O2. The first kappa shape index (κ1) is 28.4. The van der Waals surface area contributed by atoms with E-state index < -0.39 is 30.2 Å². The second-order valence-electron chi connectivity index (χ2n) is 11.8. The van der Waals surface area contributed by atoms with Gasteiger partial charge in [-0.15, -0.1) is 0 Å². The van der Waals surface area contributed by atoms with Crippen LogP contribution < -0.4 is 0 Å². The van der Waals surface area contributed by atoms with Gasteiger partial charge < -0.3 is 10.2 Å².